The lowest BCUT2D eigenvalue weighted by Gasteiger charge is -1.97. The molecule has 0 fully saturated rings. The number of primary amides is 1. The van der Waals surface area contributed by atoms with Gasteiger partial charge in [0.15, 0.2) is 0 Å². The monoisotopic (exact) mass is 180 g/mol. The van der Waals surface area contributed by atoms with E-state index in [2.05, 4.69) is 10.0 Å². The molecule has 0 atom stereocenters. The van der Waals surface area contributed by atoms with Crippen LogP contribution < -0.4 is 5.73 Å². The molecule has 2 N–H and O–H groups in total. The van der Waals surface area contributed by atoms with Crippen molar-refractivity contribution in [1.29, 1.82) is 0 Å². The van der Waals surface area contributed by atoms with Gasteiger partial charge in [-0.15, -0.1) is 0 Å². The third-order valence-electron chi connectivity index (χ3n) is 1.38. The van der Waals surface area contributed by atoms with E-state index >= 15 is 0 Å². The van der Waals surface area contributed by atoms with Crippen molar-refractivity contribution in [2.45, 2.75) is 0 Å². The van der Waals surface area contributed by atoms with Gasteiger partial charge in [0.25, 0.3) is 0 Å². The van der Waals surface area contributed by atoms with Crippen molar-refractivity contribution in [3.63, 3.8) is 0 Å². The van der Waals surface area contributed by atoms with E-state index in [4.69, 9.17) is 11.3 Å². The van der Waals surface area contributed by atoms with Gasteiger partial charge in [0.1, 0.15) is 5.82 Å². The molecule has 0 heterocycles. The Hall–Kier alpha value is -2.07. The molecule has 6 heteroatoms. The number of nitrogens with two attached hydrogens (primary N) is 1. The fraction of sp³-hybridized carbons (Fsp3) is 0. The summed E-state index contributed by atoms with van der Waals surface area (Å²) in [6.45, 7) is 0. The fourth-order valence-corrected chi connectivity index (χ4v) is 0.791. The van der Waals surface area contributed by atoms with Crippen molar-refractivity contribution in [1.82, 2.24) is 0 Å². The second-order valence-corrected chi connectivity index (χ2v) is 2.22. The maximum atomic E-state index is 12.8. The van der Waals surface area contributed by atoms with E-state index in [0.29, 0.717) is 0 Å². The standard InChI is InChI=1S/C7H5FN4O/c8-5-2-1-4(7(9)13)3-6(5)11-12-10/h1-3H,(H2,9,13). The molecule has 0 saturated carbocycles. The van der Waals surface area contributed by atoms with Gasteiger partial charge in [-0.05, 0) is 23.7 Å². The van der Waals surface area contributed by atoms with Gasteiger partial charge in [-0.25, -0.2) is 4.39 Å². The van der Waals surface area contributed by atoms with E-state index in [1.54, 1.807) is 0 Å². The van der Waals surface area contributed by atoms with Crippen molar-refractivity contribution in [3.8, 4) is 0 Å². The Kier molecular flexibility index (Phi) is 2.47. The summed E-state index contributed by atoms with van der Waals surface area (Å²) in [5.41, 5.74) is 12.8. The van der Waals surface area contributed by atoms with E-state index in [0.717, 1.165) is 12.1 Å². The van der Waals surface area contributed by atoms with Crippen LogP contribution in [-0.4, -0.2) is 5.91 Å². The second-order valence-electron chi connectivity index (χ2n) is 2.22. The Labute approximate surface area is 72.6 Å². The Morgan fingerprint density at radius 3 is 2.85 bits per heavy atom. The smallest absolute Gasteiger partial charge is 0.248 e. The Morgan fingerprint density at radius 2 is 2.31 bits per heavy atom. The molecule has 0 spiro atoms. The number of carbonyl (C=O) groups excluding carboxylic acids is 1. The summed E-state index contributed by atoms with van der Waals surface area (Å²) in [5, 5.41) is 3.05. The summed E-state index contributed by atoms with van der Waals surface area (Å²) in [6.07, 6.45) is 0. The maximum Gasteiger partial charge on any atom is 0.248 e. The first kappa shape index (κ1) is 9.02. The molecular weight excluding hydrogens is 175 g/mol. The van der Waals surface area contributed by atoms with Crippen LogP contribution in [0.2, 0.25) is 0 Å². The van der Waals surface area contributed by atoms with Crippen LogP contribution in [0.5, 0.6) is 0 Å². The molecule has 1 rings (SSSR count). The first-order valence-electron chi connectivity index (χ1n) is 3.29. The molecular formula is C7H5FN4O. The highest BCUT2D eigenvalue weighted by Crippen LogP contribution is 2.19. The molecule has 0 radical (unpaired) electrons. The molecule has 5 nitrogen and oxygen atoms in total. The van der Waals surface area contributed by atoms with Crippen molar-refractivity contribution < 1.29 is 9.18 Å². The molecule has 1 amide bonds. The average Bonchev–Trinajstić information content (AvgIpc) is 2.08. The number of azide groups is 1. The topological polar surface area (TPSA) is 91.8 Å². The zero-order valence-corrected chi connectivity index (χ0v) is 6.44. The lowest BCUT2D eigenvalue weighted by Crippen LogP contribution is -2.10. The van der Waals surface area contributed by atoms with Gasteiger partial charge in [0, 0.05) is 10.5 Å². The predicted octanol–water partition coefficient (Wildman–Crippen LogP) is 1.87. The Morgan fingerprint density at radius 1 is 1.62 bits per heavy atom. The van der Waals surface area contributed by atoms with Crippen LogP contribution in [-0.2, 0) is 0 Å². The maximum absolute atomic E-state index is 12.8. The molecule has 0 bridgehead atoms. The van der Waals surface area contributed by atoms with Crippen molar-refractivity contribution in [3.05, 3.63) is 40.0 Å². The van der Waals surface area contributed by atoms with Crippen LogP contribution in [0, 0.1) is 5.82 Å². The second kappa shape index (κ2) is 3.55. The fourth-order valence-electron chi connectivity index (χ4n) is 0.791. The number of nitrogens with zero attached hydrogens (tertiary/aromatic N) is 3. The number of halogens is 1. The highest BCUT2D eigenvalue weighted by molar-refractivity contribution is 5.93. The summed E-state index contributed by atoms with van der Waals surface area (Å²) in [6, 6.07) is 3.33. The number of rotatable bonds is 2. The molecule has 1 aromatic rings. The average molecular weight is 180 g/mol. The minimum absolute atomic E-state index is 0.101. The predicted molar refractivity (Wildman–Crippen MR) is 43.7 cm³/mol. The van der Waals surface area contributed by atoms with Gasteiger partial charge in [-0.2, -0.15) is 0 Å². The van der Waals surface area contributed by atoms with Crippen molar-refractivity contribution in [2.24, 2.45) is 10.8 Å². The van der Waals surface area contributed by atoms with Crippen LogP contribution in [0.25, 0.3) is 10.4 Å². The molecule has 0 saturated heterocycles. The highest BCUT2D eigenvalue weighted by atomic mass is 19.1. The van der Waals surface area contributed by atoms with Crippen LogP contribution in [0.3, 0.4) is 0 Å². The van der Waals surface area contributed by atoms with Crippen LogP contribution >= 0.6 is 0 Å². The molecule has 0 aliphatic heterocycles. The van der Waals surface area contributed by atoms with Crippen molar-refractivity contribution >= 4 is 11.6 Å². The van der Waals surface area contributed by atoms with Crippen LogP contribution in [0.4, 0.5) is 10.1 Å². The molecule has 0 aliphatic rings. The number of benzene rings is 1. The normalized spacial score (nSPS) is 9.00. The minimum atomic E-state index is -0.700. The number of hydrogen-bond acceptors (Lipinski definition) is 2. The molecule has 66 valence electrons. The van der Waals surface area contributed by atoms with E-state index in [1.165, 1.54) is 6.07 Å². The Bertz CT molecular complexity index is 397. The third-order valence-corrected chi connectivity index (χ3v) is 1.38. The summed E-state index contributed by atoms with van der Waals surface area (Å²) in [7, 11) is 0. The van der Waals surface area contributed by atoms with Crippen molar-refractivity contribution in [2.75, 3.05) is 0 Å². The van der Waals surface area contributed by atoms with E-state index in [1.807, 2.05) is 0 Å². The van der Waals surface area contributed by atoms with Gasteiger partial charge < -0.3 is 5.73 Å². The van der Waals surface area contributed by atoms with Gasteiger partial charge >= 0.3 is 0 Å². The highest BCUT2D eigenvalue weighted by Gasteiger charge is 2.04. The van der Waals surface area contributed by atoms with Gasteiger partial charge in [0.2, 0.25) is 5.91 Å². The molecule has 0 unspecified atom stereocenters. The van der Waals surface area contributed by atoms with E-state index in [-0.39, 0.29) is 11.3 Å². The summed E-state index contributed by atoms with van der Waals surface area (Å²) < 4.78 is 12.8. The molecule has 1 aromatic carbocycles. The van der Waals surface area contributed by atoms with Crippen LogP contribution in [0.1, 0.15) is 10.4 Å². The summed E-state index contributed by atoms with van der Waals surface area (Å²) >= 11 is 0. The van der Waals surface area contributed by atoms with Gasteiger partial charge in [0.05, 0.1) is 5.69 Å². The lowest BCUT2D eigenvalue weighted by molar-refractivity contribution is 0.100. The number of hydrogen-bond donors (Lipinski definition) is 1. The van der Waals surface area contributed by atoms with Gasteiger partial charge in [-0.3, -0.25) is 4.79 Å². The summed E-state index contributed by atoms with van der Waals surface area (Å²) in [5.74, 6) is -1.39. The minimum Gasteiger partial charge on any atom is -0.366 e. The lowest BCUT2D eigenvalue weighted by atomic mass is 10.2. The van der Waals surface area contributed by atoms with E-state index in [9.17, 15) is 9.18 Å². The zero-order valence-electron chi connectivity index (χ0n) is 6.44. The molecule has 0 aliphatic carbocycles. The number of carbonyl (C=O) groups is 1. The SMILES string of the molecule is [N-]=[N+]=Nc1cc(C(N)=O)ccc1F. The van der Waals surface area contributed by atoms with E-state index < -0.39 is 11.7 Å². The first-order valence-corrected chi connectivity index (χ1v) is 3.29. The quantitative estimate of drug-likeness (QED) is 0.420. The zero-order chi connectivity index (χ0) is 9.84. The third kappa shape index (κ3) is 1.94. The number of amides is 1. The summed E-state index contributed by atoms with van der Waals surface area (Å²) in [4.78, 5) is 13.0. The molecule has 13 heavy (non-hydrogen) atoms. The van der Waals surface area contributed by atoms with Gasteiger partial charge in [-0.1, -0.05) is 5.11 Å². The first-order chi connectivity index (χ1) is 6.15. The van der Waals surface area contributed by atoms with Crippen LogP contribution in [0.15, 0.2) is 23.3 Å². The largest absolute Gasteiger partial charge is 0.366 e. The molecule has 0 aromatic heterocycles. The Balaban J connectivity index is 3.26.